The van der Waals surface area contributed by atoms with E-state index in [1.165, 1.54) is 5.41 Å². The third kappa shape index (κ3) is 1.25. The number of sulfone groups is 1. The molecular formula is C8H7NO2S. The third-order valence-electron chi connectivity index (χ3n) is 1.72. The summed E-state index contributed by atoms with van der Waals surface area (Å²) in [6, 6.07) is 3.65. The molecule has 62 valence electrons. The monoisotopic (exact) mass is 181 g/mol. The van der Waals surface area contributed by atoms with Crippen LogP contribution >= 0.6 is 0 Å². The first-order valence-electron chi connectivity index (χ1n) is 3.52. The highest BCUT2D eigenvalue weighted by Gasteiger charge is 2.15. The Hall–Kier alpha value is -1.16. The molecule has 0 N–H and O–H groups in total. The first kappa shape index (κ1) is 7.49. The van der Waals surface area contributed by atoms with Crippen molar-refractivity contribution in [1.82, 2.24) is 4.98 Å². The lowest BCUT2D eigenvalue weighted by Crippen LogP contribution is -2.07. The van der Waals surface area contributed by atoms with E-state index >= 15 is 0 Å². The van der Waals surface area contributed by atoms with E-state index in [2.05, 4.69) is 4.98 Å². The van der Waals surface area contributed by atoms with Crippen LogP contribution in [-0.4, -0.2) is 13.4 Å². The summed E-state index contributed by atoms with van der Waals surface area (Å²) in [7, 11) is -3.04. The molecule has 0 aliphatic carbocycles. The van der Waals surface area contributed by atoms with Crippen LogP contribution in [0.4, 0.5) is 0 Å². The fourth-order valence-corrected chi connectivity index (χ4v) is 2.21. The van der Waals surface area contributed by atoms with Crippen molar-refractivity contribution in [2.24, 2.45) is 0 Å². The van der Waals surface area contributed by atoms with Gasteiger partial charge in [0.05, 0.1) is 11.4 Å². The summed E-state index contributed by atoms with van der Waals surface area (Å²) in [5.41, 5.74) is 1.53. The largest absolute Gasteiger partial charge is 0.260 e. The number of rotatable bonds is 0. The van der Waals surface area contributed by atoms with Crippen LogP contribution in [0.3, 0.4) is 0 Å². The van der Waals surface area contributed by atoms with Gasteiger partial charge in [0.2, 0.25) is 0 Å². The summed E-state index contributed by atoms with van der Waals surface area (Å²) in [5, 5.41) is 1.23. The van der Waals surface area contributed by atoms with Gasteiger partial charge < -0.3 is 0 Å². The minimum absolute atomic E-state index is 0.0275. The normalized spacial score (nSPS) is 18.7. The maximum Gasteiger partial charge on any atom is 0.177 e. The maximum atomic E-state index is 11.1. The van der Waals surface area contributed by atoms with Crippen molar-refractivity contribution in [3.05, 3.63) is 35.0 Å². The predicted octanol–water partition coefficient (Wildman–Crippen LogP) is 0.981. The van der Waals surface area contributed by atoms with E-state index in [9.17, 15) is 8.42 Å². The predicted molar refractivity (Wildman–Crippen MR) is 45.9 cm³/mol. The molecular weight excluding hydrogens is 174 g/mol. The van der Waals surface area contributed by atoms with Crippen LogP contribution in [-0.2, 0) is 15.6 Å². The zero-order valence-electron chi connectivity index (χ0n) is 6.27. The lowest BCUT2D eigenvalue weighted by molar-refractivity contribution is 0.603. The van der Waals surface area contributed by atoms with Gasteiger partial charge in [0, 0.05) is 11.6 Å². The molecule has 0 amide bonds. The van der Waals surface area contributed by atoms with E-state index in [0.29, 0.717) is 5.69 Å². The number of pyridine rings is 1. The van der Waals surface area contributed by atoms with Gasteiger partial charge in [0.1, 0.15) is 0 Å². The minimum atomic E-state index is -3.04. The summed E-state index contributed by atoms with van der Waals surface area (Å²) in [5.74, 6) is 0.0275. The zero-order valence-corrected chi connectivity index (χ0v) is 7.08. The minimum Gasteiger partial charge on any atom is -0.260 e. The van der Waals surface area contributed by atoms with Gasteiger partial charge in [-0.1, -0.05) is 6.07 Å². The molecule has 3 nitrogen and oxygen atoms in total. The Bertz CT molecular complexity index is 434. The molecule has 1 aromatic rings. The second kappa shape index (κ2) is 2.42. The van der Waals surface area contributed by atoms with Crippen LogP contribution in [0, 0.1) is 0 Å². The van der Waals surface area contributed by atoms with Gasteiger partial charge in [0.25, 0.3) is 0 Å². The summed E-state index contributed by atoms with van der Waals surface area (Å²) in [6.07, 6.45) is 3.19. The number of hydrogen-bond donors (Lipinski definition) is 0. The lowest BCUT2D eigenvalue weighted by Gasteiger charge is -2.07. The topological polar surface area (TPSA) is 47.0 Å². The van der Waals surface area contributed by atoms with Gasteiger partial charge in [-0.15, -0.1) is 0 Å². The number of fused-ring (bicyclic) bond motifs is 1. The number of nitrogens with zero attached hydrogens (tertiary/aromatic N) is 1. The Morgan fingerprint density at radius 3 is 3.08 bits per heavy atom. The Labute approximate surface area is 70.7 Å². The van der Waals surface area contributed by atoms with Crippen molar-refractivity contribution in [3.63, 3.8) is 0 Å². The van der Waals surface area contributed by atoms with Gasteiger partial charge in [-0.05, 0) is 17.7 Å². The molecule has 1 aliphatic rings. The number of hydrogen-bond acceptors (Lipinski definition) is 3. The summed E-state index contributed by atoms with van der Waals surface area (Å²) < 4.78 is 22.2. The third-order valence-corrected chi connectivity index (χ3v) is 2.94. The average molecular weight is 181 g/mol. The smallest absolute Gasteiger partial charge is 0.177 e. The lowest BCUT2D eigenvalue weighted by atomic mass is 10.2. The van der Waals surface area contributed by atoms with Crippen molar-refractivity contribution < 1.29 is 8.42 Å². The average Bonchev–Trinajstić information content (AvgIpc) is 2.02. The fraction of sp³-hybridized carbons (Fsp3) is 0.125. The van der Waals surface area contributed by atoms with Gasteiger partial charge in [-0.2, -0.15) is 0 Å². The molecule has 0 saturated heterocycles. The highest BCUT2D eigenvalue weighted by Crippen LogP contribution is 2.18. The zero-order chi connectivity index (χ0) is 8.60. The Morgan fingerprint density at radius 1 is 1.42 bits per heavy atom. The van der Waals surface area contributed by atoms with Gasteiger partial charge >= 0.3 is 0 Å². The van der Waals surface area contributed by atoms with Crippen LogP contribution in [0.25, 0.3) is 6.08 Å². The first-order valence-corrected chi connectivity index (χ1v) is 5.24. The second-order valence-corrected chi connectivity index (χ2v) is 4.54. The molecule has 4 heteroatoms. The van der Waals surface area contributed by atoms with Crippen LogP contribution in [0.1, 0.15) is 11.3 Å². The van der Waals surface area contributed by atoms with Crippen LogP contribution in [0.15, 0.2) is 23.7 Å². The van der Waals surface area contributed by atoms with Crippen LogP contribution < -0.4 is 0 Å². The Morgan fingerprint density at radius 2 is 2.25 bits per heavy atom. The van der Waals surface area contributed by atoms with E-state index in [1.807, 2.05) is 6.07 Å². The van der Waals surface area contributed by atoms with Gasteiger partial charge in [0.15, 0.2) is 9.84 Å². The van der Waals surface area contributed by atoms with E-state index < -0.39 is 9.84 Å². The Kier molecular flexibility index (Phi) is 1.51. The molecule has 0 spiro atoms. The molecule has 2 heterocycles. The van der Waals surface area contributed by atoms with Crippen molar-refractivity contribution in [3.8, 4) is 0 Å². The van der Waals surface area contributed by atoms with E-state index in [1.54, 1.807) is 18.3 Å². The standard InChI is InChI=1S/C8H7NO2S/c10-12(11)5-3-7-2-1-4-9-8(7)6-12/h1-5H,6H2. The van der Waals surface area contributed by atoms with Crippen molar-refractivity contribution >= 4 is 15.9 Å². The van der Waals surface area contributed by atoms with Crippen molar-refractivity contribution in [1.29, 1.82) is 0 Å². The highest BCUT2D eigenvalue weighted by atomic mass is 32.2. The quantitative estimate of drug-likeness (QED) is 0.599. The highest BCUT2D eigenvalue weighted by molar-refractivity contribution is 7.93. The molecule has 0 radical (unpaired) electrons. The fourth-order valence-electron chi connectivity index (χ4n) is 1.14. The van der Waals surface area contributed by atoms with E-state index in [0.717, 1.165) is 5.56 Å². The molecule has 0 fully saturated rings. The van der Waals surface area contributed by atoms with Crippen LogP contribution in [0.5, 0.6) is 0 Å². The summed E-state index contributed by atoms with van der Waals surface area (Å²) in [6.45, 7) is 0. The molecule has 12 heavy (non-hydrogen) atoms. The van der Waals surface area contributed by atoms with Crippen LogP contribution in [0.2, 0.25) is 0 Å². The molecule has 0 aromatic carbocycles. The van der Waals surface area contributed by atoms with Crippen molar-refractivity contribution in [2.45, 2.75) is 5.75 Å². The first-order chi connectivity index (χ1) is 5.67. The second-order valence-electron chi connectivity index (χ2n) is 2.65. The van der Waals surface area contributed by atoms with E-state index in [-0.39, 0.29) is 5.75 Å². The van der Waals surface area contributed by atoms with Gasteiger partial charge in [-0.3, -0.25) is 4.98 Å². The molecule has 1 aromatic heterocycles. The maximum absolute atomic E-state index is 11.1. The SMILES string of the molecule is O=S1(=O)C=Cc2cccnc2C1. The molecule has 0 unspecified atom stereocenters. The number of aromatic nitrogens is 1. The molecule has 0 atom stereocenters. The van der Waals surface area contributed by atoms with Crippen molar-refractivity contribution in [2.75, 3.05) is 0 Å². The molecule has 0 saturated carbocycles. The summed E-state index contributed by atoms with van der Waals surface area (Å²) >= 11 is 0. The van der Waals surface area contributed by atoms with Gasteiger partial charge in [-0.25, -0.2) is 8.42 Å². The molecule has 2 rings (SSSR count). The summed E-state index contributed by atoms with van der Waals surface area (Å²) in [4.78, 5) is 3.98. The Balaban J connectivity index is 2.61. The van der Waals surface area contributed by atoms with E-state index in [4.69, 9.17) is 0 Å². The molecule has 0 bridgehead atoms. The molecule has 1 aliphatic heterocycles.